The van der Waals surface area contributed by atoms with Gasteiger partial charge in [0.1, 0.15) is 17.8 Å². The third-order valence-corrected chi connectivity index (χ3v) is 3.79. The summed E-state index contributed by atoms with van der Waals surface area (Å²) < 4.78 is 15.7. The van der Waals surface area contributed by atoms with E-state index in [4.69, 9.17) is 18.7 Å². The highest BCUT2D eigenvalue weighted by atomic mass is 32.2. The Labute approximate surface area is 134 Å². The van der Waals surface area contributed by atoms with Gasteiger partial charge in [0.05, 0.1) is 12.9 Å². The first-order valence-corrected chi connectivity index (χ1v) is 7.55. The molecule has 23 heavy (non-hydrogen) atoms. The van der Waals surface area contributed by atoms with Gasteiger partial charge in [-0.05, 0) is 24.3 Å². The third kappa shape index (κ3) is 3.54. The number of ether oxygens (including phenoxy) is 1. The molecule has 118 valence electrons. The van der Waals surface area contributed by atoms with E-state index >= 15 is 0 Å². The summed E-state index contributed by atoms with van der Waals surface area (Å²) in [4.78, 5) is 11.3. The van der Waals surface area contributed by atoms with Gasteiger partial charge in [0.15, 0.2) is 5.75 Å². The fourth-order valence-electron chi connectivity index (χ4n) is 1.77. The highest BCUT2D eigenvalue weighted by molar-refractivity contribution is 7.98. The van der Waals surface area contributed by atoms with E-state index in [2.05, 4.69) is 10.2 Å². The van der Waals surface area contributed by atoms with Crippen LogP contribution in [0.25, 0.3) is 11.5 Å². The molecule has 3 rings (SSSR count). The zero-order chi connectivity index (χ0) is 16.2. The number of nitrogens with zero attached hydrogens (tertiary/aromatic N) is 2. The fourth-order valence-corrected chi connectivity index (χ4v) is 2.42. The van der Waals surface area contributed by atoms with E-state index in [1.165, 1.54) is 17.8 Å². The summed E-state index contributed by atoms with van der Waals surface area (Å²) >= 11 is 1.23. The van der Waals surface area contributed by atoms with Crippen molar-refractivity contribution in [1.29, 1.82) is 0 Å². The monoisotopic (exact) mass is 332 g/mol. The molecule has 1 N–H and O–H groups in total. The van der Waals surface area contributed by atoms with Crippen LogP contribution in [0.3, 0.4) is 0 Å². The van der Waals surface area contributed by atoms with Crippen molar-refractivity contribution in [2.75, 3.05) is 7.11 Å². The average Bonchev–Trinajstić information content (AvgIpc) is 3.05. The molecule has 0 saturated carbocycles. The lowest BCUT2D eigenvalue weighted by molar-refractivity contribution is 0.414. The summed E-state index contributed by atoms with van der Waals surface area (Å²) in [5.41, 5.74) is 0.289. The molecule has 0 aliphatic rings. The number of benzene rings is 1. The van der Waals surface area contributed by atoms with E-state index in [0.29, 0.717) is 22.6 Å². The lowest BCUT2D eigenvalue weighted by atomic mass is 10.2. The lowest BCUT2D eigenvalue weighted by Crippen LogP contribution is -1.98. The van der Waals surface area contributed by atoms with Crippen molar-refractivity contribution in [1.82, 2.24) is 10.2 Å². The molecule has 0 fully saturated rings. The van der Waals surface area contributed by atoms with Crippen molar-refractivity contribution in [3.63, 3.8) is 0 Å². The lowest BCUT2D eigenvalue weighted by Gasteiger charge is -1.99. The van der Waals surface area contributed by atoms with Gasteiger partial charge in [0.25, 0.3) is 5.22 Å². The number of thioether (sulfide) groups is 1. The summed E-state index contributed by atoms with van der Waals surface area (Å²) in [5.74, 6) is 1.45. The minimum atomic E-state index is -0.490. The summed E-state index contributed by atoms with van der Waals surface area (Å²) in [6.07, 6.45) is 1.01. The molecule has 0 saturated heterocycles. The molecule has 2 heterocycles. The molecule has 0 bridgehead atoms. The van der Waals surface area contributed by atoms with Gasteiger partial charge < -0.3 is 18.7 Å². The van der Waals surface area contributed by atoms with Crippen LogP contribution in [0.1, 0.15) is 5.76 Å². The van der Waals surface area contributed by atoms with E-state index in [1.54, 1.807) is 19.2 Å². The summed E-state index contributed by atoms with van der Waals surface area (Å²) in [7, 11) is 1.60. The van der Waals surface area contributed by atoms with Crippen molar-refractivity contribution in [2.45, 2.75) is 11.0 Å². The molecule has 0 aliphatic heterocycles. The maximum Gasteiger partial charge on any atom is 0.277 e. The van der Waals surface area contributed by atoms with Crippen molar-refractivity contribution >= 4 is 11.8 Å². The van der Waals surface area contributed by atoms with E-state index in [0.717, 1.165) is 17.6 Å². The first-order chi connectivity index (χ1) is 11.2. The summed E-state index contributed by atoms with van der Waals surface area (Å²) in [5, 5.41) is 17.4. The Balaban J connectivity index is 1.69. The molecule has 7 nitrogen and oxygen atoms in total. The Morgan fingerprint density at radius 3 is 2.74 bits per heavy atom. The summed E-state index contributed by atoms with van der Waals surface area (Å²) in [6.45, 7) is 0. The second-order valence-corrected chi connectivity index (χ2v) is 5.41. The van der Waals surface area contributed by atoms with Crippen LogP contribution in [0.15, 0.2) is 55.4 Å². The number of hydrogen-bond donors (Lipinski definition) is 1. The Kier molecular flexibility index (Phi) is 4.33. The van der Waals surface area contributed by atoms with Crippen LogP contribution < -0.4 is 10.2 Å². The molecule has 2 aromatic heterocycles. The zero-order valence-corrected chi connectivity index (χ0v) is 12.9. The van der Waals surface area contributed by atoms with Gasteiger partial charge in [-0.1, -0.05) is 11.8 Å². The SMILES string of the molecule is COc1ccc(-c2nnc(SCc3cc(=O)c(O)co3)o2)cc1. The standard InChI is InChI=1S/C15H12N2O5S/c1-20-10-4-2-9(3-5-10)14-16-17-15(22-14)23-8-11-6-12(18)13(19)7-21-11/h2-7,19H,8H2,1H3. The summed E-state index contributed by atoms with van der Waals surface area (Å²) in [6, 6.07) is 8.47. The van der Waals surface area contributed by atoms with Gasteiger partial charge >= 0.3 is 0 Å². The quantitative estimate of drug-likeness (QED) is 0.712. The minimum Gasteiger partial charge on any atom is -0.502 e. The van der Waals surface area contributed by atoms with Gasteiger partial charge in [0, 0.05) is 11.6 Å². The fraction of sp³-hybridized carbons (Fsp3) is 0.133. The van der Waals surface area contributed by atoms with Crippen molar-refractivity contribution in [2.24, 2.45) is 0 Å². The molecule has 0 unspecified atom stereocenters. The van der Waals surface area contributed by atoms with E-state index < -0.39 is 11.2 Å². The maximum absolute atomic E-state index is 11.3. The average molecular weight is 332 g/mol. The van der Waals surface area contributed by atoms with Crippen LogP contribution in [0, 0.1) is 0 Å². The molecule has 0 atom stereocenters. The largest absolute Gasteiger partial charge is 0.502 e. The first-order valence-electron chi connectivity index (χ1n) is 6.57. The Hall–Kier alpha value is -2.74. The van der Waals surface area contributed by atoms with Crippen LogP contribution >= 0.6 is 11.8 Å². The Bertz CT molecular complexity index is 857. The highest BCUT2D eigenvalue weighted by Gasteiger charge is 2.10. The van der Waals surface area contributed by atoms with Crippen LogP contribution in [0.4, 0.5) is 0 Å². The van der Waals surface area contributed by atoms with Gasteiger partial charge in [-0.15, -0.1) is 10.2 Å². The maximum atomic E-state index is 11.3. The van der Waals surface area contributed by atoms with Crippen LogP contribution in [-0.4, -0.2) is 22.4 Å². The third-order valence-electron chi connectivity index (χ3n) is 2.95. The van der Waals surface area contributed by atoms with E-state index in [9.17, 15) is 4.79 Å². The van der Waals surface area contributed by atoms with E-state index in [1.807, 2.05) is 12.1 Å². The van der Waals surface area contributed by atoms with Crippen LogP contribution in [0.5, 0.6) is 11.5 Å². The molecular weight excluding hydrogens is 320 g/mol. The van der Waals surface area contributed by atoms with Crippen molar-refractivity contribution in [3.8, 4) is 23.0 Å². The van der Waals surface area contributed by atoms with Crippen molar-refractivity contribution < 1.29 is 18.7 Å². The molecular formula is C15H12N2O5S. The number of aromatic hydroxyl groups is 1. The number of rotatable bonds is 5. The van der Waals surface area contributed by atoms with Gasteiger partial charge in [-0.2, -0.15) is 0 Å². The second-order valence-electron chi connectivity index (χ2n) is 4.49. The molecule has 0 spiro atoms. The minimum absolute atomic E-state index is 0.333. The number of methoxy groups -OCH3 is 1. The topological polar surface area (TPSA) is 98.6 Å². The van der Waals surface area contributed by atoms with Gasteiger partial charge in [0.2, 0.25) is 11.3 Å². The molecule has 8 heteroatoms. The Morgan fingerprint density at radius 1 is 1.26 bits per heavy atom. The molecule has 0 amide bonds. The number of aromatic nitrogens is 2. The molecule has 0 aliphatic carbocycles. The number of hydrogen-bond acceptors (Lipinski definition) is 8. The first kappa shape index (κ1) is 15.2. The predicted molar refractivity (Wildman–Crippen MR) is 82.5 cm³/mol. The van der Waals surface area contributed by atoms with E-state index in [-0.39, 0.29) is 0 Å². The zero-order valence-electron chi connectivity index (χ0n) is 12.1. The molecule has 3 aromatic rings. The predicted octanol–water partition coefficient (Wildman–Crippen LogP) is 2.70. The Morgan fingerprint density at radius 2 is 2.04 bits per heavy atom. The normalized spacial score (nSPS) is 10.7. The molecule has 1 aromatic carbocycles. The van der Waals surface area contributed by atoms with Crippen LogP contribution in [-0.2, 0) is 5.75 Å². The van der Waals surface area contributed by atoms with Gasteiger partial charge in [-0.25, -0.2) is 0 Å². The van der Waals surface area contributed by atoms with Crippen molar-refractivity contribution in [3.05, 3.63) is 52.6 Å². The highest BCUT2D eigenvalue weighted by Crippen LogP contribution is 2.26. The van der Waals surface area contributed by atoms with Crippen LogP contribution in [0.2, 0.25) is 0 Å². The smallest absolute Gasteiger partial charge is 0.277 e. The molecule has 0 radical (unpaired) electrons. The van der Waals surface area contributed by atoms with Gasteiger partial charge in [-0.3, -0.25) is 4.79 Å². The second kappa shape index (κ2) is 6.57.